The molecule has 2 aliphatic rings. The summed E-state index contributed by atoms with van der Waals surface area (Å²) in [7, 11) is 0. The minimum atomic E-state index is -0.806. The molecule has 2 aromatic rings. The summed E-state index contributed by atoms with van der Waals surface area (Å²) < 4.78 is 5.54. The Hall–Kier alpha value is -3.35. The Balaban J connectivity index is 1.25. The van der Waals surface area contributed by atoms with Gasteiger partial charge in [-0.3, -0.25) is 9.59 Å². The maximum atomic E-state index is 12.4. The Morgan fingerprint density at radius 2 is 1.67 bits per heavy atom. The molecule has 0 heterocycles. The van der Waals surface area contributed by atoms with Gasteiger partial charge in [0, 0.05) is 24.4 Å². The SMILES string of the molecule is CC(CC(=O)NC1CCCC(C(=O)O)C1)NC(=O)OCC1c2ccccc2-c2ccccc21. The van der Waals surface area contributed by atoms with Crippen LogP contribution in [0.3, 0.4) is 0 Å². The van der Waals surface area contributed by atoms with Gasteiger partial charge in [-0.2, -0.15) is 0 Å². The second-order valence-corrected chi connectivity index (χ2v) is 9.04. The average molecular weight is 451 g/mol. The molecule has 174 valence electrons. The normalized spacial score (nSPS) is 20.3. The zero-order valence-electron chi connectivity index (χ0n) is 18.8. The van der Waals surface area contributed by atoms with Crippen LogP contribution >= 0.6 is 0 Å². The second-order valence-electron chi connectivity index (χ2n) is 9.04. The molecule has 0 spiro atoms. The third kappa shape index (κ3) is 5.35. The van der Waals surface area contributed by atoms with Crippen LogP contribution in [0.15, 0.2) is 48.5 Å². The highest BCUT2D eigenvalue weighted by atomic mass is 16.5. The number of alkyl carbamates (subject to hydrolysis) is 1. The topological polar surface area (TPSA) is 105 Å². The summed E-state index contributed by atoms with van der Waals surface area (Å²) >= 11 is 0. The van der Waals surface area contributed by atoms with Gasteiger partial charge in [-0.15, -0.1) is 0 Å². The Bertz CT molecular complexity index is 991. The molecule has 4 rings (SSSR count). The number of amides is 2. The van der Waals surface area contributed by atoms with Gasteiger partial charge in [0.25, 0.3) is 0 Å². The molecule has 2 amide bonds. The molecule has 2 aromatic carbocycles. The number of aliphatic carboxylic acids is 1. The maximum Gasteiger partial charge on any atom is 0.407 e. The van der Waals surface area contributed by atoms with Crippen LogP contribution in [0.1, 0.15) is 56.1 Å². The van der Waals surface area contributed by atoms with Crippen molar-refractivity contribution in [3.05, 3.63) is 59.7 Å². The lowest BCUT2D eigenvalue weighted by atomic mass is 9.85. The highest BCUT2D eigenvalue weighted by Gasteiger charge is 2.30. The lowest BCUT2D eigenvalue weighted by Crippen LogP contribution is -2.43. The summed E-state index contributed by atoms with van der Waals surface area (Å²) in [5.74, 6) is -1.42. The van der Waals surface area contributed by atoms with Crippen molar-refractivity contribution in [2.24, 2.45) is 5.92 Å². The van der Waals surface area contributed by atoms with E-state index in [0.717, 1.165) is 24.0 Å². The molecule has 1 saturated carbocycles. The van der Waals surface area contributed by atoms with Crippen molar-refractivity contribution in [1.29, 1.82) is 0 Å². The van der Waals surface area contributed by atoms with Gasteiger partial charge in [-0.05, 0) is 48.4 Å². The Morgan fingerprint density at radius 3 is 2.30 bits per heavy atom. The van der Waals surface area contributed by atoms with Crippen molar-refractivity contribution in [3.8, 4) is 11.1 Å². The minimum Gasteiger partial charge on any atom is -0.481 e. The summed E-state index contributed by atoms with van der Waals surface area (Å²) in [5.41, 5.74) is 4.62. The van der Waals surface area contributed by atoms with Crippen molar-refractivity contribution < 1.29 is 24.2 Å². The zero-order chi connectivity index (χ0) is 23.4. The van der Waals surface area contributed by atoms with Gasteiger partial charge in [0.2, 0.25) is 5.91 Å². The van der Waals surface area contributed by atoms with Gasteiger partial charge in [0.15, 0.2) is 0 Å². The van der Waals surface area contributed by atoms with Crippen LogP contribution < -0.4 is 10.6 Å². The lowest BCUT2D eigenvalue weighted by Gasteiger charge is -2.27. The highest BCUT2D eigenvalue weighted by Crippen LogP contribution is 2.44. The number of rotatable bonds is 7. The van der Waals surface area contributed by atoms with E-state index in [0.29, 0.717) is 12.8 Å². The molecule has 7 heteroatoms. The molecular weight excluding hydrogens is 420 g/mol. The van der Waals surface area contributed by atoms with Gasteiger partial charge in [0.1, 0.15) is 6.61 Å². The van der Waals surface area contributed by atoms with E-state index in [-0.39, 0.29) is 30.9 Å². The number of carboxylic acids is 1. The summed E-state index contributed by atoms with van der Waals surface area (Å²) in [6.07, 6.45) is 2.23. The number of carboxylic acid groups (broad SMARTS) is 1. The maximum absolute atomic E-state index is 12.4. The number of benzene rings is 2. The Kier molecular flexibility index (Phi) is 6.96. The number of fused-ring (bicyclic) bond motifs is 3. The largest absolute Gasteiger partial charge is 0.481 e. The molecule has 3 unspecified atom stereocenters. The van der Waals surface area contributed by atoms with E-state index in [4.69, 9.17) is 4.74 Å². The fourth-order valence-corrected chi connectivity index (χ4v) is 5.00. The van der Waals surface area contributed by atoms with E-state index in [9.17, 15) is 19.5 Å². The van der Waals surface area contributed by atoms with Crippen LogP contribution in [0.25, 0.3) is 11.1 Å². The molecule has 1 fully saturated rings. The standard InChI is InChI=1S/C26H30N2O5/c1-16(13-24(29)28-18-8-6-7-17(14-18)25(30)31)27-26(32)33-15-23-21-11-4-2-9-19(21)20-10-3-5-12-22(20)23/h2-5,9-12,16-18,23H,6-8,13-15H2,1H3,(H,27,32)(H,28,29)(H,30,31). The predicted octanol–water partition coefficient (Wildman–Crippen LogP) is 4.06. The predicted molar refractivity (Wildman–Crippen MR) is 124 cm³/mol. The molecule has 3 N–H and O–H groups in total. The first-order valence-electron chi connectivity index (χ1n) is 11.6. The fraction of sp³-hybridized carbons (Fsp3) is 0.423. The molecular formula is C26H30N2O5. The van der Waals surface area contributed by atoms with Gasteiger partial charge in [-0.25, -0.2) is 4.79 Å². The average Bonchev–Trinajstić information content (AvgIpc) is 3.11. The number of carbonyl (C=O) groups is 3. The van der Waals surface area contributed by atoms with E-state index in [1.165, 1.54) is 11.1 Å². The molecule has 33 heavy (non-hydrogen) atoms. The molecule has 0 bridgehead atoms. The Morgan fingerprint density at radius 1 is 1.03 bits per heavy atom. The molecule has 2 aliphatic carbocycles. The van der Waals surface area contributed by atoms with E-state index in [1.807, 2.05) is 24.3 Å². The summed E-state index contributed by atoms with van der Waals surface area (Å²) in [4.78, 5) is 36.0. The molecule has 3 atom stereocenters. The van der Waals surface area contributed by atoms with Crippen molar-refractivity contribution in [1.82, 2.24) is 10.6 Å². The van der Waals surface area contributed by atoms with Crippen LogP contribution in [0, 0.1) is 5.92 Å². The molecule has 0 aliphatic heterocycles. The summed E-state index contributed by atoms with van der Waals surface area (Å²) in [6, 6.07) is 15.8. The van der Waals surface area contributed by atoms with Gasteiger partial charge in [-0.1, -0.05) is 55.0 Å². The van der Waals surface area contributed by atoms with Crippen molar-refractivity contribution in [2.75, 3.05) is 6.61 Å². The molecule has 7 nitrogen and oxygen atoms in total. The molecule has 0 aromatic heterocycles. The van der Waals surface area contributed by atoms with Crippen molar-refractivity contribution in [2.45, 2.75) is 57.0 Å². The first-order chi connectivity index (χ1) is 15.9. The number of hydrogen-bond acceptors (Lipinski definition) is 4. The van der Waals surface area contributed by atoms with Crippen molar-refractivity contribution in [3.63, 3.8) is 0 Å². The fourth-order valence-electron chi connectivity index (χ4n) is 5.00. The van der Waals surface area contributed by atoms with Gasteiger partial charge < -0.3 is 20.5 Å². The lowest BCUT2D eigenvalue weighted by molar-refractivity contribution is -0.143. The van der Waals surface area contributed by atoms with E-state index >= 15 is 0 Å². The van der Waals surface area contributed by atoms with Crippen LogP contribution in [-0.2, 0) is 14.3 Å². The van der Waals surface area contributed by atoms with E-state index in [1.54, 1.807) is 6.92 Å². The summed E-state index contributed by atoms with van der Waals surface area (Å²) in [6.45, 7) is 1.97. The van der Waals surface area contributed by atoms with Crippen LogP contribution in [0.2, 0.25) is 0 Å². The molecule has 0 radical (unpaired) electrons. The third-order valence-electron chi connectivity index (χ3n) is 6.59. The first-order valence-corrected chi connectivity index (χ1v) is 11.6. The highest BCUT2D eigenvalue weighted by molar-refractivity contribution is 5.80. The quantitative estimate of drug-likeness (QED) is 0.590. The molecule has 0 saturated heterocycles. The smallest absolute Gasteiger partial charge is 0.407 e. The summed E-state index contributed by atoms with van der Waals surface area (Å²) in [5, 5.41) is 14.8. The second kappa shape index (κ2) is 10.1. The van der Waals surface area contributed by atoms with Crippen LogP contribution in [0.4, 0.5) is 4.79 Å². The first kappa shape index (κ1) is 22.8. The number of nitrogens with one attached hydrogen (secondary N) is 2. The van der Waals surface area contributed by atoms with Crippen LogP contribution in [-0.4, -0.2) is 41.8 Å². The number of ether oxygens (including phenoxy) is 1. The van der Waals surface area contributed by atoms with Crippen LogP contribution in [0.5, 0.6) is 0 Å². The van der Waals surface area contributed by atoms with Crippen molar-refractivity contribution >= 4 is 18.0 Å². The third-order valence-corrected chi connectivity index (χ3v) is 6.59. The van der Waals surface area contributed by atoms with Gasteiger partial charge >= 0.3 is 12.1 Å². The Labute approximate surface area is 193 Å². The number of hydrogen-bond donors (Lipinski definition) is 3. The van der Waals surface area contributed by atoms with Gasteiger partial charge in [0.05, 0.1) is 5.92 Å². The van der Waals surface area contributed by atoms with E-state index < -0.39 is 24.0 Å². The number of carbonyl (C=O) groups excluding carboxylic acids is 2. The monoisotopic (exact) mass is 450 g/mol. The van der Waals surface area contributed by atoms with E-state index in [2.05, 4.69) is 34.9 Å². The minimum absolute atomic E-state index is 0.0183. The zero-order valence-corrected chi connectivity index (χ0v) is 18.8.